The molecule has 0 aliphatic rings. The smallest absolute Gasteiger partial charge is 0.337 e. The first-order valence-electron chi connectivity index (χ1n) is 7.08. The number of amides is 1. The number of halogens is 1. The van der Waals surface area contributed by atoms with Gasteiger partial charge in [0.25, 0.3) is 5.91 Å². The lowest BCUT2D eigenvalue weighted by atomic mass is 10.2. The molecule has 6 nitrogen and oxygen atoms in total. The van der Waals surface area contributed by atoms with Gasteiger partial charge in [0, 0.05) is 11.1 Å². The summed E-state index contributed by atoms with van der Waals surface area (Å²) in [7, 11) is 0. The average Bonchev–Trinajstić information content (AvgIpc) is 2.98. The van der Waals surface area contributed by atoms with Crippen LogP contribution in [0.15, 0.2) is 52.9 Å². The topological polar surface area (TPSA) is 91.6 Å². The molecule has 0 aliphatic heterocycles. The van der Waals surface area contributed by atoms with Gasteiger partial charge in [-0.3, -0.25) is 10.1 Å². The Balaban J connectivity index is 1.68. The summed E-state index contributed by atoms with van der Waals surface area (Å²) in [5.41, 5.74) is 1.02. The van der Waals surface area contributed by atoms with Gasteiger partial charge in [0.2, 0.25) is 0 Å². The SMILES string of the molecule is O=C(NC(=S)Nc1ccc(C(=O)O)c(Cl)c1)c1cc2ccccc2o1. The Kier molecular flexibility index (Phi) is 4.69. The molecule has 3 aromatic rings. The van der Waals surface area contributed by atoms with Crippen LogP contribution in [0.4, 0.5) is 5.69 Å². The van der Waals surface area contributed by atoms with Crippen molar-refractivity contribution in [3.63, 3.8) is 0 Å². The van der Waals surface area contributed by atoms with Gasteiger partial charge in [-0.25, -0.2) is 4.79 Å². The van der Waals surface area contributed by atoms with Crippen molar-refractivity contribution >= 4 is 57.5 Å². The predicted molar refractivity (Wildman–Crippen MR) is 98.3 cm³/mol. The molecule has 1 aromatic heterocycles. The number of thiocarbonyl (C=S) groups is 1. The third-order valence-electron chi connectivity index (χ3n) is 3.33. The predicted octanol–water partition coefficient (Wildman–Crippen LogP) is 3.91. The molecule has 1 amide bonds. The van der Waals surface area contributed by atoms with E-state index in [0.29, 0.717) is 11.3 Å². The molecule has 0 atom stereocenters. The Morgan fingerprint density at radius 3 is 2.56 bits per heavy atom. The Bertz CT molecular complexity index is 966. The minimum atomic E-state index is -1.13. The van der Waals surface area contributed by atoms with Crippen molar-refractivity contribution in [1.82, 2.24) is 5.32 Å². The van der Waals surface area contributed by atoms with Gasteiger partial charge in [-0.1, -0.05) is 29.8 Å². The number of rotatable bonds is 3. The van der Waals surface area contributed by atoms with Crippen molar-refractivity contribution in [2.75, 3.05) is 5.32 Å². The molecule has 3 N–H and O–H groups in total. The fourth-order valence-electron chi connectivity index (χ4n) is 2.19. The first-order valence-corrected chi connectivity index (χ1v) is 7.86. The molecule has 0 aliphatic carbocycles. The van der Waals surface area contributed by atoms with Crippen molar-refractivity contribution in [1.29, 1.82) is 0 Å². The Labute approximate surface area is 152 Å². The summed E-state index contributed by atoms with van der Waals surface area (Å²) in [6, 6.07) is 13.1. The number of hydrogen-bond acceptors (Lipinski definition) is 4. The average molecular weight is 375 g/mol. The van der Waals surface area contributed by atoms with Crippen LogP contribution in [-0.4, -0.2) is 22.1 Å². The lowest BCUT2D eigenvalue weighted by Gasteiger charge is -2.09. The van der Waals surface area contributed by atoms with Crippen molar-refractivity contribution in [3.05, 3.63) is 64.9 Å². The van der Waals surface area contributed by atoms with E-state index in [1.54, 1.807) is 12.1 Å². The van der Waals surface area contributed by atoms with Crippen LogP contribution in [0.5, 0.6) is 0 Å². The first kappa shape index (κ1) is 16.9. The van der Waals surface area contributed by atoms with Gasteiger partial charge in [-0.05, 0) is 42.5 Å². The molecule has 1 heterocycles. The molecular weight excluding hydrogens is 364 g/mol. The van der Waals surface area contributed by atoms with E-state index in [1.807, 2.05) is 18.2 Å². The second-order valence-corrected chi connectivity index (χ2v) is 5.87. The third-order valence-corrected chi connectivity index (χ3v) is 3.85. The largest absolute Gasteiger partial charge is 0.478 e. The van der Waals surface area contributed by atoms with Gasteiger partial charge in [-0.15, -0.1) is 0 Å². The minimum Gasteiger partial charge on any atom is -0.478 e. The summed E-state index contributed by atoms with van der Waals surface area (Å²) in [5, 5.41) is 15.1. The van der Waals surface area contributed by atoms with Crippen LogP contribution in [0.1, 0.15) is 20.9 Å². The van der Waals surface area contributed by atoms with E-state index in [2.05, 4.69) is 10.6 Å². The number of aromatic carboxylic acids is 1. The quantitative estimate of drug-likeness (QED) is 0.602. The summed E-state index contributed by atoms with van der Waals surface area (Å²) in [4.78, 5) is 23.1. The van der Waals surface area contributed by atoms with Crippen LogP contribution in [0.25, 0.3) is 11.0 Å². The van der Waals surface area contributed by atoms with Crippen LogP contribution >= 0.6 is 23.8 Å². The molecule has 0 radical (unpaired) electrons. The van der Waals surface area contributed by atoms with E-state index < -0.39 is 11.9 Å². The number of carbonyl (C=O) groups excluding carboxylic acids is 1. The number of anilines is 1. The first-order chi connectivity index (χ1) is 11.9. The second kappa shape index (κ2) is 6.92. The Morgan fingerprint density at radius 1 is 1.12 bits per heavy atom. The summed E-state index contributed by atoms with van der Waals surface area (Å²) in [6.45, 7) is 0. The summed E-state index contributed by atoms with van der Waals surface area (Å²) in [5.74, 6) is -1.50. The van der Waals surface area contributed by atoms with Crippen LogP contribution in [-0.2, 0) is 0 Å². The molecule has 25 heavy (non-hydrogen) atoms. The highest BCUT2D eigenvalue weighted by atomic mass is 35.5. The highest BCUT2D eigenvalue weighted by Crippen LogP contribution is 2.21. The van der Waals surface area contributed by atoms with Crippen LogP contribution < -0.4 is 10.6 Å². The molecule has 126 valence electrons. The number of fused-ring (bicyclic) bond motifs is 1. The van der Waals surface area contributed by atoms with E-state index in [0.717, 1.165) is 5.39 Å². The number of furan rings is 1. The van der Waals surface area contributed by atoms with Gasteiger partial charge in [0.15, 0.2) is 10.9 Å². The van der Waals surface area contributed by atoms with Crippen LogP contribution in [0, 0.1) is 0 Å². The van der Waals surface area contributed by atoms with Gasteiger partial charge in [0.05, 0.1) is 10.6 Å². The van der Waals surface area contributed by atoms with Gasteiger partial charge in [0.1, 0.15) is 5.58 Å². The monoisotopic (exact) mass is 374 g/mol. The number of hydrogen-bond donors (Lipinski definition) is 3. The molecule has 0 spiro atoms. The fourth-order valence-corrected chi connectivity index (χ4v) is 2.66. The van der Waals surface area contributed by atoms with Crippen molar-refractivity contribution in [2.45, 2.75) is 0 Å². The lowest BCUT2D eigenvalue weighted by molar-refractivity contribution is 0.0697. The second-order valence-electron chi connectivity index (χ2n) is 5.06. The normalized spacial score (nSPS) is 10.4. The molecule has 0 saturated heterocycles. The number of carbonyl (C=O) groups is 2. The Hall–Kier alpha value is -2.90. The zero-order chi connectivity index (χ0) is 18.0. The zero-order valence-corrected chi connectivity index (χ0v) is 14.1. The van der Waals surface area contributed by atoms with Crippen molar-refractivity contribution in [3.8, 4) is 0 Å². The Morgan fingerprint density at radius 2 is 1.88 bits per heavy atom. The number of benzene rings is 2. The van der Waals surface area contributed by atoms with E-state index >= 15 is 0 Å². The van der Waals surface area contributed by atoms with Gasteiger partial charge in [-0.2, -0.15) is 0 Å². The summed E-state index contributed by atoms with van der Waals surface area (Å²) in [6.07, 6.45) is 0. The number of carboxylic acid groups (broad SMARTS) is 1. The van der Waals surface area contributed by atoms with E-state index in [1.165, 1.54) is 18.2 Å². The van der Waals surface area contributed by atoms with Gasteiger partial charge < -0.3 is 14.8 Å². The molecule has 8 heteroatoms. The minimum absolute atomic E-state index is 0.0237. The highest BCUT2D eigenvalue weighted by molar-refractivity contribution is 7.80. The maximum absolute atomic E-state index is 12.2. The highest BCUT2D eigenvalue weighted by Gasteiger charge is 2.14. The molecule has 3 rings (SSSR count). The summed E-state index contributed by atoms with van der Waals surface area (Å²) >= 11 is 11.0. The molecular formula is C17H11ClN2O4S. The number of carboxylic acids is 1. The van der Waals surface area contributed by atoms with E-state index in [9.17, 15) is 9.59 Å². The number of para-hydroxylation sites is 1. The van der Waals surface area contributed by atoms with Crippen LogP contribution in [0.3, 0.4) is 0 Å². The standard InChI is InChI=1S/C17H11ClN2O4S/c18-12-8-10(5-6-11(12)16(22)23)19-17(25)20-15(21)14-7-9-3-1-2-4-13(9)24-14/h1-8H,(H,22,23)(H2,19,20,21,25). The maximum Gasteiger partial charge on any atom is 0.337 e. The van der Waals surface area contributed by atoms with Crippen LogP contribution in [0.2, 0.25) is 5.02 Å². The molecule has 0 fully saturated rings. The third kappa shape index (κ3) is 3.78. The molecule has 0 unspecified atom stereocenters. The van der Waals surface area contributed by atoms with Crippen molar-refractivity contribution in [2.24, 2.45) is 0 Å². The van der Waals surface area contributed by atoms with Crippen molar-refractivity contribution < 1.29 is 19.1 Å². The lowest BCUT2D eigenvalue weighted by Crippen LogP contribution is -2.33. The van der Waals surface area contributed by atoms with Gasteiger partial charge >= 0.3 is 5.97 Å². The number of nitrogens with one attached hydrogen (secondary N) is 2. The fraction of sp³-hybridized carbons (Fsp3) is 0. The molecule has 0 saturated carbocycles. The van der Waals surface area contributed by atoms with E-state index in [-0.39, 0.29) is 21.5 Å². The molecule has 0 bridgehead atoms. The zero-order valence-electron chi connectivity index (χ0n) is 12.6. The van der Waals surface area contributed by atoms with E-state index in [4.69, 9.17) is 33.3 Å². The maximum atomic E-state index is 12.2. The summed E-state index contributed by atoms with van der Waals surface area (Å²) < 4.78 is 5.46. The molecule has 2 aromatic carbocycles.